The minimum Gasteiger partial charge on any atom is -0.497 e. The van der Waals surface area contributed by atoms with Crippen LogP contribution in [0.3, 0.4) is 0 Å². The molecular formula is C36H33FN4O5S. The number of carbonyl (C=O) groups is 2. The van der Waals surface area contributed by atoms with E-state index in [9.17, 15) is 14.0 Å². The molecular weight excluding hydrogens is 619 g/mol. The van der Waals surface area contributed by atoms with Gasteiger partial charge in [0.05, 0.1) is 43.7 Å². The molecule has 5 aromatic rings. The standard InChI is InChI=1S/C36H33FN4O5S/c1-44-27-15-13-26(14-16-27)41-36-33(34(39-41)24-7-5-4-6-8-24)35(29-19-28(45-2)17-18-30(29)46-3)47-22-32(43)40(36)21-31(42)38-20-23-9-11-25(37)12-10-23/h4-19,35H,20-22H2,1-3H3,(H,38,42)/t35-/m1/s1. The van der Waals surface area contributed by atoms with E-state index >= 15 is 0 Å². The van der Waals surface area contributed by atoms with Crippen molar-refractivity contribution in [2.45, 2.75) is 11.8 Å². The maximum absolute atomic E-state index is 14.1. The number of carbonyl (C=O) groups excluding carboxylic acids is 2. The van der Waals surface area contributed by atoms with Crippen LogP contribution in [0, 0.1) is 5.82 Å². The molecule has 9 nitrogen and oxygen atoms in total. The Kier molecular flexibility index (Phi) is 9.44. The SMILES string of the molecule is COc1ccc(-n2nc(-c3ccccc3)c3c2N(CC(=O)NCc2ccc(F)cc2)C(=O)CS[C@@H]3c2cc(OC)ccc2OC)cc1. The number of hydrogen-bond donors (Lipinski definition) is 1. The molecule has 2 amide bonds. The summed E-state index contributed by atoms with van der Waals surface area (Å²) in [5, 5.41) is 7.59. The molecule has 11 heteroatoms. The average molecular weight is 653 g/mol. The molecule has 1 aliphatic rings. The van der Waals surface area contributed by atoms with E-state index in [1.807, 2.05) is 72.8 Å². The zero-order chi connectivity index (χ0) is 32.9. The highest BCUT2D eigenvalue weighted by molar-refractivity contribution is 8.00. The molecule has 4 aromatic carbocycles. The lowest BCUT2D eigenvalue weighted by atomic mass is 9.98. The molecule has 0 unspecified atom stereocenters. The largest absolute Gasteiger partial charge is 0.497 e. The molecule has 240 valence electrons. The van der Waals surface area contributed by atoms with Crippen LogP contribution >= 0.6 is 11.8 Å². The normalized spacial score (nSPS) is 14.3. The Morgan fingerprint density at radius 1 is 0.915 bits per heavy atom. The van der Waals surface area contributed by atoms with E-state index < -0.39 is 5.25 Å². The molecule has 1 aromatic heterocycles. The number of nitrogens with zero attached hydrogens (tertiary/aromatic N) is 3. The highest BCUT2D eigenvalue weighted by Crippen LogP contribution is 2.51. The fourth-order valence-electron chi connectivity index (χ4n) is 5.52. The number of hydrogen-bond acceptors (Lipinski definition) is 7. The van der Waals surface area contributed by atoms with Gasteiger partial charge in [-0.1, -0.05) is 42.5 Å². The maximum Gasteiger partial charge on any atom is 0.240 e. The van der Waals surface area contributed by atoms with Crippen LogP contribution < -0.4 is 24.4 Å². The summed E-state index contributed by atoms with van der Waals surface area (Å²) in [5.41, 5.74) is 4.47. The smallest absolute Gasteiger partial charge is 0.240 e. The van der Waals surface area contributed by atoms with Gasteiger partial charge in [-0.2, -0.15) is 5.10 Å². The first-order valence-corrected chi connectivity index (χ1v) is 15.9. The first-order chi connectivity index (χ1) is 22.9. The molecule has 2 heterocycles. The van der Waals surface area contributed by atoms with E-state index in [0.717, 1.165) is 22.3 Å². The van der Waals surface area contributed by atoms with Gasteiger partial charge < -0.3 is 19.5 Å². The molecule has 47 heavy (non-hydrogen) atoms. The second kappa shape index (κ2) is 14.0. The van der Waals surface area contributed by atoms with Gasteiger partial charge in [0, 0.05) is 23.2 Å². The molecule has 0 bridgehead atoms. The number of aromatic nitrogens is 2. The van der Waals surface area contributed by atoms with Gasteiger partial charge in [0.2, 0.25) is 11.8 Å². The lowest BCUT2D eigenvalue weighted by molar-refractivity contribution is -0.123. The lowest BCUT2D eigenvalue weighted by Gasteiger charge is -2.24. The van der Waals surface area contributed by atoms with Gasteiger partial charge >= 0.3 is 0 Å². The second-order valence-electron chi connectivity index (χ2n) is 10.7. The van der Waals surface area contributed by atoms with Crippen LogP contribution in [-0.2, 0) is 16.1 Å². The number of anilines is 1. The Morgan fingerprint density at radius 3 is 2.30 bits per heavy atom. The second-order valence-corrected chi connectivity index (χ2v) is 11.8. The fraction of sp³-hybridized carbons (Fsp3) is 0.194. The summed E-state index contributed by atoms with van der Waals surface area (Å²) in [7, 11) is 4.80. The van der Waals surface area contributed by atoms with Crippen LogP contribution in [0.4, 0.5) is 10.2 Å². The molecule has 0 saturated heterocycles. The summed E-state index contributed by atoms with van der Waals surface area (Å²) in [5.74, 6) is 1.49. The van der Waals surface area contributed by atoms with Crippen LogP contribution in [0.2, 0.25) is 0 Å². The van der Waals surface area contributed by atoms with Crippen molar-refractivity contribution in [1.82, 2.24) is 15.1 Å². The van der Waals surface area contributed by atoms with E-state index in [4.69, 9.17) is 19.3 Å². The highest BCUT2D eigenvalue weighted by Gasteiger charge is 2.38. The van der Waals surface area contributed by atoms with Gasteiger partial charge in [-0.15, -0.1) is 11.8 Å². The Bertz CT molecular complexity index is 1880. The van der Waals surface area contributed by atoms with E-state index in [2.05, 4.69) is 5.32 Å². The van der Waals surface area contributed by atoms with Crippen molar-refractivity contribution >= 4 is 29.4 Å². The number of benzene rings is 4. The monoisotopic (exact) mass is 652 g/mol. The van der Waals surface area contributed by atoms with Crippen molar-refractivity contribution in [2.75, 3.05) is 38.5 Å². The van der Waals surface area contributed by atoms with E-state index in [-0.39, 0.29) is 36.5 Å². The van der Waals surface area contributed by atoms with Gasteiger partial charge in [-0.05, 0) is 60.2 Å². The van der Waals surface area contributed by atoms with Crippen LogP contribution in [0.5, 0.6) is 17.2 Å². The minimum atomic E-state index is -0.423. The summed E-state index contributed by atoms with van der Waals surface area (Å²) in [6.07, 6.45) is 0. The number of ether oxygens (including phenoxy) is 3. The number of nitrogens with one attached hydrogen (secondary N) is 1. The minimum absolute atomic E-state index is 0.0851. The molecule has 1 aliphatic heterocycles. The Hall–Kier alpha value is -5.29. The molecule has 0 radical (unpaired) electrons. The Labute approximate surface area is 276 Å². The van der Waals surface area contributed by atoms with Gasteiger partial charge in [0.15, 0.2) is 0 Å². The summed E-state index contributed by atoms with van der Waals surface area (Å²) >= 11 is 1.44. The number of thioether (sulfide) groups is 1. The molecule has 0 fully saturated rings. The van der Waals surface area contributed by atoms with Crippen molar-refractivity contribution < 1.29 is 28.2 Å². The summed E-state index contributed by atoms with van der Waals surface area (Å²) in [4.78, 5) is 29.1. The van der Waals surface area contributed by atoms with E-state index in [1.54, 1.807) is 38.1 Å². The predicted molar refractivity (Wildman–Crippen MR) is 180 cm³/mol. The number of amides is 2. The average Bonchev–Trinajstić information content (AvgIpc) is 3.44. The summed E-state index contributed by atoms with van der Waals surface area (Å²) < 4.78 is 32.0. The zero-order valence-electron chi connectivity index (χ0n) is 26.1. The van der Waals surface area contributed by atoms with Gasteiger partial charge in [-0.3, -0.25) is 14.5 Å². The topological polar surface area (TPSA) is 94.9 Å². The van der Waals surface area contributed by atoms with Crippen LogP contribution in [0.15, 0.2) is 97.1 Å². The summed E-state index contributed by atoms with van der Waals surface area (Å²) in [6.45, 7) is -0.0783. The molecule has 1 N–H and O–H groups in total. The number of methoxy groups -OCH3 is 3. The van der Waals surface area contributed by atoms with Crippen LogP contribution in [0.1, 0.15) is 21.9 Å². The van der Waals surface area contributed by atoms with E-state index in [1.165, 1.54) is 28.8 Å². The van der Waals surface area contributed by atoms with Gasteiger partial charge in [0.25, 0.3) is 0 Å². The molecule has 0 saturated carbocycles. The van der Waals surface area contributed by atoms with Crippen molar-refractivity contribution in [3.63, 3.8) is 0 Å². The highest BCUT2D eigenvalue weighted by atomic mass is 32.2. The molecule has 1 atom stereocenters. The van der Waals surface area contributed by atoms with Crippen molar-refractivity contribution in [1.29, 1.82) is 0 Å². The lowest BCUT2D eigenvalue weighted by Crippen LogP contribution is -2.42. The van der Waals surface area contributed by atoms with Crippen molar-refractivity contribution in [3.05, 3.63) is 120 Å². The van der Waals surface area contributed by atoms with Gasteiger partial charge in [0.1, 0.15) is 35.4 Å². The van der Waals surface area contributed by atoms with Crippen molar-refractivity contribution in [3.8, 4) is 34.2 Å². The molecule has 6 rings (SSSR count). The first kappa shape index (κ1) is 31.7. The Balaban J connectivity index is 1.53. The quantitative estimate of drug-likeness (QED) is 0.192. The third-order valence-electron chi connectivity index (χ3n) is 7.88. The third-order valence-corrected chi connectivity index (χ3v) is 9.11. The van der Waals surface area contributed by atoms with Crippen LogP contribution in [0.25, 0.3) is 16.9 Å². The molecule has 0 spiro atoms. The van der Waals surface area contributed by atoms with Crippen molar-refractivity contribution in [2.24, 2.45) is 0 Å². The number of halogens is 1. The summed E-state index contributed by atoms with van der Waals surface area (Å²) in [6, 6.07) is 28.6. The third kappa shape index (κ3) is 6.66. The number of fused-ring (bicyclic) bond motifs is 1. The Morgan fingerprint density at radius 2 is 1.62 bits per heavy atom. The zero-order valence-corrected chi connectivity index (χ0v) is 26.9. The first-order valence-electron chi connectivity index (χ1n) is 14.9. The predicted octanol–water partition coefficient (Wildman–Crippen LogP) is 6.19. The van der Waals surface area contributed by atoms with Gasteiger partial charge in [-0.25, -0.2) is 9.07 Å². The fourth-order valence-corrected chi connectivity index (χ4v) is 6.74. The molecule has 0 aliphatic carbocycles. The number of rotatable bonds is 10. The maximum atomic E-state index is 14.1. The van der Waals surface area contributed by atoms with E-state index in [0.29, 0.717) is 34.4 Å². The van der Waals surface area contributed by atoms with Crippen LogP contribution in [-0.4, -0.2) is 55.2 Å².